The van der Waals surface area contributed by atoms with E-state index in [1.54, 1.807) is 0 Å². The maximum atomic E-state index is 12.2. The normalized spacial score (nSPS) is 17.2. The van der Waals surface area contributed by atoms with Crippen LogP contribution in [0.1, 0.15) is 51.0 Å². The zero-order valence-corrected chi connectivity index (χ0v) is 12.5. The lowest BCUT2D eigenvalue weighted by atomic mass is 9.71. The third kappa shape index (κ3) is 3.84. The zero-order valence-electron chi connectivity index (χ0n) is 12.5. The Kier molecular flexibility index (Phi) is 4.99. The lowest BCUT2D eigenvalue weighted by molar-refractivity contribution is -0.153. The summed E-state index contributed by atoms with van der Waals surface area (Å²) >= 11 is 0. The molecule has 1 saturated carbocycles. The SMILES string of the molecule is CCc1ccc(NC(=O)CC2(C(=O)O)CCCCC2)cc1. The van der Waals surface area contributed by atoms with Crippen molar-refractivity contribution in [2.75, 3.05) is 5.32 Å². The molecular weight excluding hydrogens is 266 g/mol. The highest BCUT2D eigenvalue weighted by atomic mass is 16.4. The highest BCUT2D eigenvalue weighted by Gasteiger charge is 2.41. The number of carbonyl (C=O) groups excluding carboxylic acids is 1. The van der Waals surface area contributed by atoms with Crippen LogP contribution in [0.4, 0.5) is 5.69 Å². The molecule has 1 aliphatic carbocycles. The monoisotopic (exact) mass is 289 g/mol. The van der Waals surface area contributed by atoms with Crippen LogP contribution in [-0.4, -0.2) is 17.0 Å². The third-order valence-corrected chi connectivity index (χ3v) is 4.41. The molecule has 4 nitrogen and oxygen atoms in total. The van der Waals surface area contributed by atoms with Crippen LogP contribution in [-0.2, 0) is 16.0 Å². The summed E-state index contributed by atoms with van der Waals surface area (Å²) in [6.45, 7) is 2.08. The van der Waals surface area contributed by atoms with Gasteiger partial charge in [0.25, 0.3) is 0 Å². The van der Waals surface area contributed by atoms with E-state index in [1.807, 2.05) is 24.3 Å². The number of hydrogen-bond donors (Lipinski definition) is 2. The number of carbonyl (C=O) groups is 2. The molecule has 0 bridgehead atoms. The van der Waals surface area contributed by atoms with Crippen molar-refractivity contribution in [2.45, 2.75) is 51.9 Å². The van der Waals surface area contributed by atoms with Crippen LogP contribution in [0.5, 0.6) is 0 Å². The van der Waals surface area contributed by atoms with Crippen molar-refractivity contribution < 1.29 is 14.7 Å². The molecule has 0 radical (unpaired) electrons. The molecule has 0 spiro atoms. The lowest BCUT2D eigenvalue weighted by Gasteiger charge is -2.32. The summed E-state index contributed by atoms with van der Waals surface area (Å²) in [4.78, 5) is 23.7. The summed E-state index contributed by atoms with van der Waals surface area (Å²) in [6, 6.07) is 7.68. The Morgan fingerprint density at radius 2 is 1.76 bits per heavy atom. The van der Waals surface area contributed by atoms with E-state index in [2.05, 4.69) is 12.2 Å². The van der Waals surface area contributed by atoms with Gasteiger partial charge in [-0.1, -0.05) is 38.3 Å². The number of hydrogen-bond acceptors (Lipinski definition) is 2. The van der Waals surface area contributed by atoms with Crippen LogP contribution in [0.25, 0.3) is 0 Å². The average Bonchev–Trinajstić information content (AvgIpc) is 2.48. The first-order valence-electron chi connectivity index (χ1n) is 7.68. The minimum atomic E-state index is -0.869. The third-order valence-electron chi connectivity index (χ3n) is 4.41. The average molecular weight is 289 g/mol. The second-order valence-electron chi connectivity index (χ2n) is 5.92. The first-order valence-corrected chi connectivity index (χ1v) is 7.68. The summed E-state index contributed by atoms with van der Waals surface area (Å²) in [7, 11) is 0. The van der Waals surface area contributed by atoms with Gasteiger partial charge >= 0.3 is 5.97 Å². The fraction of sp³-hybridized carbons (Fsp3) is 0.529. The van der Waals surface area contributed by atoms with Crippen molar-refractivity contribution in [3.8, 4) is 0 Å². The Hall–Kier alpha value is -1.84. The van der Waals surface area contributed by atoms with E-state index in [-0.39, 0.29) is 12.3 Å². The molecule has 0 saturated heterocycles. The number of carboxylic acids is 1. The molecular formula is C17H23NO3. The van der Waals surface area contributed by atoms with Gasteiger partial charge < -0.3 is 10.4 Å². The molecule has 1 aromatic rings. The number of carboxylic acid groups (broad SMARTS) is 1. The maximum absolute atomic E-state index is 12.2. The highest BCUT2D eigenvalue weighted by molar-refractivity contribution is 5.94. The minimum absolute atomic E-state index is 0.0673. The van der Waals surface area contributed by atoms with Crippen LogP contribution < -0.4 is 5.32 Å². The van der Waals surface area contributed by atoms with Crippen LogP contribution in [0.2, 0.25) is 0 Å². The van der Waals surface area contributed by atoms with Crippen molar-refractivity contribution >= 4 is 17.6 Å². The van der Waals surface area contributed by atoms with E-state index in [0.717, 1.165) is 31.4 Å². The number of benzene rings is 1. The van der Waals surface area contributed by atoms with Gasteiger partial charge in [-0.25, -0.2) is 0 Å². The van der Waals surface area contributed by atoms with E-state index in [4.69, 9.17) is 0 Å². The number of aliphatic carboxylic acids is 1. The summed E-state index contributed by atoms with van der Waals surface area (Å²) in [5.41, 5.74) is 1.07. The Bertz CT molecular complexity index is 501. The Morgan fingerprint density at radius 1 is 1.14 bits per heavy atom. The molecule has 21 heavy (non-hydrogen) atoms. The van der Waals surface area contributed by atoms with Crippen molar-refractivity contribution in [3.63, 3.8) is 0 Å². The lowest BCUT2D eigenvalue weighted by Crippen LogP contribution is -2.37. The predicted octanol–water partition coefficient (Wildman–Crippen LogP) is 3.61. The fourth-order valence-electron chi connectivity index (χ4n) is 3.03. The number of anilines is 1. The molecule has 1 aromatic carbocycles. The van der Waals surface area contributed by atoms with E-state index in [9.17, 15) is 14.7 Å². The van der Waals surface area contributed by atoms with Gasteiger partial charge in [-0.05, 0) is 37.0 Å². The number of rotatable bonds is 5. The van der Waals surface area contributed by atoms with E-state index in [0.29, 0.717) is 12.8 Å². The van der Waals surface area contributed by atoms with Gasteiger partial charge in [0.05, 0.1) is 5.41 Å². The quantitative estimate of drug-likeness (QED) is 0.870. The van der Waals surface area contributed by atoms with Crippen LogP contribution in [0, 0.1) is 5.41 Å². The second-order valence-corrected chi connectivity index (χ2v) is 5.92. The van der Waals surface area contributed by atoms with Crippen LogP contribution in [0.3, 0.4) is 0 Å². The maximum Gasteiger partial charge on any atom is 0.310 e. The Labute approximate surface area is 125 Å². The second kappa shape index (κ2) is 6.74. The molecule has 2 N–H and O–H groups in total. The summed E-state index contributed by atoms with van der Waals surface area (Å²) in [5.74, 6) is -1.04. The van der Waals surface area contributed by atoms with Crippen molar-refractivity contribution in [1.82, 2.24) is 0 Å². The zero-order chi connectivity index (χ0) is 15.3. The van der Waals surface area contributed by atoms with Gasteiger partial charge in [-0.3, -0.25) is 9.59 Å². The molecule has 4 heteroatoms. The molecule has 0 aromatic heterocycles. The van der Waals surface area contributed by atoms with Crippen molar-refractivity contribution in [3.05, 3.63) is 29.8 Å². The summed E-state index contributed by atoms with van der Waals surface area (Å²) < 4.78 is 0. The standard InChI is InChI=1S/C17H23NO3/c1-2-13-6-8-14(9-7-13)18-15(19)12-17(16(20)21)10-4-3-5-11-17/h6-9H,2-5,10-12H2,1H3,(H,18,19)(H,20,21). The molecule has 2 rings (SSSR count). The predicted molar refractivity (Wildman–Crippen MR) is 82.2 cm³/mol. The van der Waals surface area contributed by atoms with E-state index < -0.39 is 11.4 Å². The van der Waals surface area contributed by atoms with Crippen LogP contribution >= 0.6 is 0 Å². The first kappa shape index (κ1) is 15.5. The first-order chi connectivity index (χ1) is 10.1. The Balaban J connectivity index is 2.00. The molecule has 1 fully saturated rings. The molecule has 0 heterocycles. The van der Waals surface area contributed by atoms with Gasteiger partial charge in [0.2, 0.25) is 5.91 Å². The highest BCUT2D eigenvalue weighted by Crippen LogP contribution is 2.39. The van der Waals surface area contributed by atoms with E-state index in [1.165, 1.54) is 5.56 Å². The molecule has 114 valence electrons. The number of nitrogens with one attached hydrogen (secondary N) is 1. The van der Waals surface area contributed by atoms with E-state index >= 15 is 0 Å². The molecule has 0 aliphatic heterocycles. The fourth-order valence-corrected chi connectivity index (χ4v) is 3.03. The molecule has 1 aliphatic rings. The van der Waals surface area contributed by atoms with Gasteiger partial charge in [-0.2, -0.15) is 0 Å². The van der Waals surface area contributed by atoms with Crippen molar-refractivity contribution in [2.24, 2.45) is 5.41 Å². The smallest absolute Gasteiger partial charge is 0.310 e. The van der Waals surface area contributed by atoms with Crippen LogP contribution in [0.15, 0.2) is 24.3 Å². The van der Waals surface area contributed by atoms with Crippen molar-refractivity contribution in [1.29, 1.82) is 0 Å². The summed E-state index contributed by atoms with van der Waals surface area (Å²) in [5, 5.41) is 12.3. The topological polar surface area (TPSA) is 66.4 Å². The number of amides is 1. The van der Waals surface area contributed by atoms with Gasteiger partial charge in [0.1, 0.15) is 0 Å². The van der Waals surface area contributed by atoms with Gasteiger partial charge in [-0.15, -0.1) is 0 Å². The minimum Gasteiger partial charge on any atom is -0.481 e. The van der Waals surface area contributed by atoms with Gasteiger partial charge in [0.15, 0.2) is 0 Å². The Morgan fingerprint density at radius 3 is 2.29 bits per heavy atom. The molecule has 1 amide bonds. The largest absolute Gasteiger partial charge is 0.481 e. The summed E-state index contributed by atoms with van der Waals surface area (Å²) in [6.07, 6.45) is 5.08. The van der Waals surface area contributed by atoms with Gasteiger partial charge in [0, 0.05) is 12.1 Å². The number of aryl methyl sites for hydroxylation is 1. The molecule has 0 unspecified atom stereocenters. The molecule has 0 atom stereocenters.